The van der Waals surface area contributed by atoms with Gasteiger partial charge in [-0.25, -0.2) is 9.97 Å². The van der Waals surface area contributed by atoms with E-state index in [9.17, 15) is 14.4 Å². The predicted molar refractivity (Wildman–Crippen MR) is 132 cm³/mol. The van der Waals surface area contributed by atoms with Crippen molar-refractivity contribution in [1.82, 2.24) is 24.1 Å². The second-order valence-electron chi connectivity index (χ2n) is 8.13. The average Bonchev–Trinajstić information content (AvgIpc) is 3.25. The van der Waals surface area contributed by atoms with Crippen LogP contribution in [0, 0.1) is 5.92 Å². The van der Waals surface area contributed by atoms with Crippen LogP contribution in [0.3, 0.4) is 0 Å². The number of aryl methyl sites for hydroxylation is 1. The quantitative estimate of drug-likeness (QED) is 0.196. The number of fused-ring (bicyclic) bond motifs is 2. The summed E-state index contributed by atoms with van der Waals surface area (Å²) >= 11 is 2.50. The van der Waals surface area contributed by atoms with Gasteiger partial charge in [0.2, 0.25) is 4.96 Å². The Kier molecular flexibility index (Phi) is 7.42. The fourth-order valence-electron chi connectivity index (χ4n) is 3.27. The number of carbonyl (C=O) groups is 1. The number of carbonyl (C=O) groups excluding carboxylic acids is 1. The van der Waals surface area contributed by atoms with E-state index in [4.69, 9.17) is 4.74 Å². The van der Waals surface area contributed by atoms with Crippen molar-refractivity contribution in [1.29, 1.82) is 0 Å². The lowest BCUT2D eigenvalue weighted by molar-refractivity contribution is -0.141. The highest BCUT2D eigenvalue weighted by molar-refractivity contribution is 7.99. The fourth-order valence-corrected chi connectivity index (χ4v) is 4.96. The minimum Gasteiger partial charge on any atom is -0.459 e. The summed E-state index contributed by atoms with van der Waals surface area (Å²) < 4.78 is 8.23. The molecule has 0 saturated heterocycles. The van der Waals surface area contributed by atoms with Gasteiger partial charge < -0.3 is 4.74 Å². The highest BCUT2D eigenvalue weighted by Crippen LogP contribution is 2.19. The highest BCUT2D eigenvalue weighted by Gasteiger charge is 2.15. The van der Waals surface area contributed by atoms with Crippen LogP contribution in [0.15, 0.2) is 45.1 Å². The number of nitrogens with zero attached hydrogens (tertiary/aromatic N) is 5. The summed E-state index contributed by atoms with van der Waals surface area (Å²) in [6.07, 6.45) is 1.53. The third-order valence-corrected chi connectivity index (χ3v) is 7.10. The standard InChI is InChI=1S/C23H25N5O4S2/c1-4-18-26-28-19(29)11-15(24-23(28)34-18)12-32-20(30)13-33-22-25-17-8-6-5-7-16(17)21(31)27(22)10-9-14(2)3/h5-8,11,14H,4,9-10,12-13H2,1-3H3. The maximum atomic E-state index is 13.0. The number of benzene rings is 1. The highest BCUT2D eigenvalue weighted by atomic mass is 32.2. The molecule has 0 amide bonds. The first-order valence-electron chi connectivity index (χ1n) is 11.0. The van der Waals surface area contributed by atoms with Crippen molar-refractivity contribution in [2.45, 2.75) is 51.9 Å². The van der Waals surface area contributed by atoms with E-state index in [1.54, 1.807) is 16.7 Å². The van der Waals surface area contributed by atoms with Crippen molar-refractivity contribution >= 4 is 44.9 Å². The van der Waals surface area contributed by atoms with Crippen LogP contribution in [-0.2, 0) is 29.1 Å². The molecule has 0 atom stereocenters. The number of para-hydroxylation sites is 1. The van der Waals surface area contributed by atoms with Crippen LogP contribution >= 0.6 is 23.1 Å². The average molecular weight is 500 g/mol. The largest absolute Gasteiger partial charge is 0.459 e. The van der Waals surface area contributed by atoms with Crippen LogP contribution in [0.5, 0.6) is 0 Å². The normalized spacial score (nSPS) is 11.5. The molecule has 34 heavy (non-hydrogen) atoms. The van der Waals surface area contributed by atoms with E-state index in [0.29, 0.717) is 45.6 Å². The van der Waals surface area contributed by atoms with E-state index in [2.05, 4.69) is 28.9 Å². The Morgan fingerprint density at radius 1 is 1.21 bits per heavy atom. The van der Waals surface area contributed by atoms with E-state index in [-0.39, 0.29) is 23.5 Å². The number of rotatable bonds is 9. The maximum absolute atomic E-state index is 13.0. The predicted octanol–water partition coefficient (Wildman–Crippen LogP) is 3.30. The summed E-state index contributed by atoms with van der Waals surface area (Å²) in [6, 6.07) is 8.51. The van der Waals surface area contributed by atoms with E-state index in [1.807, 2.05) is 19.1 Å². The number of hydrogen-bond donors (Lipinski definition) is 0. The summed E-state index contributed by atoms with van der Waals surface area (Å²) in [6.45, 7) is 6.55. The van der Waals surface area contributed by atoms with Gasteiger partial charge in [-0.15, -0.1) is 0 Å². The smallest absolute Gasteiger partial charge is 0.316 e. The summed E-state index contributed by atoms with van der Waals surface area (Å²) in [5.74, 6) is -0.0841. The minimum absolute atomic E-state index is 0.0196. The van der Waals surface area contributed by atoms with Crippen molar-refractivity contribution in [3.8, 4) is 0 Å². The summed E-state index contributed by atoms with van der Waals surface area (Å²) in [5.41, 5.74) is 0.539. The van der Waals surface area contributed by atoms with Gasteiger partial charge in [-0.2, -0.15) is 9.61 Å². The molecular weight excluding hydrogens is 474 g/mol. The van der Waals surface area contributed by atoms with Crippen LogP contribution in [-0.4, -0.2) is 35.9 Å². The number of esters is 1. The molecule has 0 radical (unpaired) electrons. The Morgan fingerprint density at radius 2 is 2.00 bits per heavy atom. The summed E-state index contributed by atoms with van der Waals surface area (Å²) in [4.78, 5) is 47.2. The number of thioether (sulfide) groups is 1. The SMILES string of the molecule is CCc1nn2c(=O)cc(COC(=O)CSc3nc4ccccc4c(=O)n3CCC(C)C)nc2s1. The van der Waals surface area contributed by atoms with Gasteiger partial charge in [-0.3, -0.25) is 19.0 Å². The van der Waals surface area contributed by atoms with Gasteiger partial charge in [0.1, 0.15) is 11.6 Å². The van der Waals surface area contributed by atoms with Crippen molar-refractivity contribution in [3.63, 3.8) is 0 Å². The van der Waals surface area contributed by atoms with Crippen LogP contribution in [0.25, 0.3) is 15.9 Å². The maximum Gasteiger partial charge on any atom is 0.316 e. The van der Waals surface area contributed by atoms with Gasteiger partial charge in [-0.05, 0) is 30.9 Å². The van der Waals surface area contributed by atoms with E-state index in [0.717, 1.165) is 11.4 Å². The Hall–Kier alpha value is -3.05. The molecule has 9 nitrogen and oxygen atoms in total. The lowest BCUT2D eigenvalue weighted by Gasteiger charge is -2.14. The second kappa shape index (κ2) is 10.5. The van der Waals surface area contributed by atoms with Crippen LogP contribution in [0.4, 0.5) is 0 Å². The third-order valence-electron chi connectivity index (χ3n) is 5.10. The molecule has 3 heterocycles. The molecule has 0 spiro atoms. The van der Waals surface area contributed by atoms with Crippen molar-refractivity contribution in [2.75, 3.05) is 5.75 Å². The van der Waals surface area contributed by atoms with E-state index < -0.39 is 5.97 Å². The zero-order valence-electron chi connectivity index (χ0n) is 19.2. The lowest BCUT2D eigenvalue weighted by atomic mass is 10.1. The number of aromatic nitrogens is 5. The first-order valence-corrected chi connectivity index (χ1v) is 12.8. The summed E-state index contributed by atoms with van der Waals surface area (Å²) in [5, 5.41) is 6.05. The zero-order chi connectivity index (χ0) is 24.2. The minimum atomic E-state index is -0.483. The van der Waals surface area contributed by atoms with Crippen molar-refractivity contribution in [3.05, 3.63) is 61.7 Å². The molecule has 0 N–H and O–H groups in total. The van der Waals surface area contributed by atoms with Crippen LogP contribution in [0.1, 0.15) is 37.9 Å². The summed E-state index contributed by atoms with van der Waals surface area (Å²) in [7, 11) is 0. The lowest BCUT2D eigenvalue weighted by Crippen LogP contribution is -2.24. The first-order chi connectivity index (χ1) is 16.4. The molecule has 1 aromatic carbocycles. The van der Waals surface area contributed by atoms with Crippen LogP contribution < -0.4 is 11.1 Å². The van der Waals surface area contributed by atoms with Gasteiger partial charge in [0.25, 0.3) is 11.1 Å². The monoisotopic (exact) mass is 499 g/mol. The molecule has 0 aliphatic carbocycles. The zero-order valence-corrected chi connectivity index (χ0v) is 20.8. The Balaban J connectivity index is 1.46. The Bertz CT molecular complexity index is 1460. The van der Waals surface area contributed by atoms with Gasteiger partial charge in [0.05, 0.1) is 22.3 Å². The number of hydrogen-bond acceptors (Lipinski definition) is 9. The Morgan fingerprint density at radius 3 is 2.76 bits per heavy atom. The molecule has 178 valence electrons. The molecule has 0 aliphatic heterocycles. The van der Waals surface area contributed by atoms with E-state index in [1.165, 1.54) is 33.7 Å². The second-order valence-corrected chi connectivity index (χ2v) is 10.1. The molecule has 0 fully saturated rings. The first kappa shape index (κ1) is 24.1. The third kappa shape index (κ3) is 5.36. The molecule has 4 rings (SSSR count). The van der Waals surface area contributed by atoms with Crippen molar-refractivity contribution < 1.29 is 9.53 Å². The van der Waals surface area contributed by atoms with Gasteiger partial charge in [-0.1, -0.05) is 56.0 Å². The molecule has 0 aliphatic rings. The van der Waals surface area contributed by atoms with Crippen LogP contribution in [0.2, 0.25) is 0 Å². The molecule has 4 aromatic rings. The molecule has 11 heteroatoms. The molecular formula is C23H25N5O4S2. The van der Waals surface area contributed by atoms with Gasteiger partial charge in [0.15, 0.2) is 5.16 Å². The number of ether oxygens (including phenoxy) is 1. The molecule has 0 bridgehead atoms. The van der Waals surface area contributed by atoms with E-state index >= 15 is 0 Å². The molecule has 0 unspecified atom stereocenters. The fraction of sp³-hybridized carbons (Fsp3) is 0.391. The van der Waals surface area contributed by atoms with Gasteiger partial charge in [0, 0.05) is 12.6 Å². The van der Waals surface area contributed by atoms with Gasteiger partial charge >= 0.3 is 5.97 Å². The molecule has 3 aromatic heterocycles. The topological polar surface area (TPSA) is 108 Å². The molecule has 0 saturated carbocycles. The van der Waals surface area contributed by atoms with Crippen molar-refractivity contribution in [2.24, 2.45) is 5.92 Å². The Labute approximate surface area is 203 Å².